The Hall–Kier alpha value is -0.470. The van der Waals surface area contributed by atoms with Crippen LogP contribution < -0.4 is 0 Å². The Morgan fingerprint density at radius 1 is 1.31 bits per heavy atom. The largest absolute Gasteiger partial charge is 0.303 e. The van der Waals surface area contributed by atoms with Gasteiger partial charge in [0.05, 0.1) is 5.92 Å². The highest BCUT2D eigenvalue weighted by Crippen LogP contribution is 2.37. The van der Waals surface area contributed by atoms with Gasteiger partial charge in [0.15, 0.2) is 0 Å². The van der Waals surface area contributed by atoms with Gasteiger partial charge in [0.2, 0.25) is 0 Å². The summed E-state index contributed by atoms with van der Waals surface area (Å²) in [5.41, 5.74) is 0. The maximum absolute atomic E-state index is 12.9. The average molecular weight is 190 g/mol. The third-order valence-electron chi connectivity index (χ3n) is 2.89. The molecular weight excluding hydrogens is 174 g/mol. The fourth-order valence-electron chi connectivity index (χ4n) is 2.14. The Kier molecular flexibility index (Phi) is 3.40. The van der Waals surface area contributed by atoms with Gasteiger partial charge in [-0.1, -0.05) is 19.3 Å². The van der Waals surface area contributed by atoms with Crippen molar-refractivity contribution in [3.05, 3.63) is 0 Å². The molecule has 3 heteroatoms. The number of aldehydes is 1. The second kappa shape index (κ2) is 4.16. The fourth-order valence-corrected chi connectivity index (χ4v) is 2.14. The van der Waals surface area contributed by atoms with Crippen molar-refractivity contribution in [1.29, 1.82) is 0 Å². The number of alkyl halides is 2. The predicted molar refractivity (Wildman–Crippen MR) is 46.8 cm³/mol. The molecule has 1 nitrogen and oxygen atoms in total. The van der Waals surface area contributed by atoms with E-state index in [0.29, 0.717) is 6.29 Å². The summed E-state index contributed by atoms with van der Waals surface area (Å²) in [7, 11) is 0. The minimum atomic E-state index is -2.84. The number of halogens is 2. The third-order valence-corrected chi connectivity index (χ3v) is 2.89. The van der Waals surface area contributed by atoms with Crippen molar-refractivity contribution in [2.24, 2.45) is 11.8 Å². The van der Waals surface area contributed by atoms with Gasteiger partial charge in [0.25, 0.3) is 5.92 Å². The standard InChI is InChI=1S/C10H16F2O/c1-10(11,12)9(7-13)8-5-3-2-4-6-8/h7-9H,2-6H2,1H3. The highest BCUT2D eigenvalue weighted by Gasteiger charge is 2.39. The molecule has 1 atom stereocenters. The first-order valence-electron chi connectivity index (χ1n) is 4.89. The summed E-state index contributed by atoms with van der Waals surface area (Å²) in [6.07, 6.45) is 5.11. The molecule has 76 valence electrons. The topological polar surface area (TPSA) is 17.1 Å². The van der Waals surface area contributed by atoms with E-state index in [1.54, 1.807) is 0 Å². The molecular formula is C10H16F2O. The molecule has 0 bridgehead atoms. The van der Waals surface area contributed by atoms with Gasteiger partial charge in [-0.25, -0.2) is 8.78 Å². The van der Waals surface area contributed by atoms with Gasteiger partial charge < -0.3 is 4.79 Å². The molecule has 1 saturated carbocycles. The van der Waals surface area contributed by atoms with Crippen LogP contribution in [0.15, 0.2) is 0 Å². The second-order valence-corrected chi connectivity index (χ2v) is 4.02. The molecule has 1 unspecified atom stereocenters. The van der Waals surface area contributed by atoms with E-state index in [4.69, 9.17) is 0 Å². The molecule has 1 fully saturated rings. The van der Waals surface area contributed by atoms with Crippen molar-refractivity contribution in [1.82, 2.24) is 0 Å². The highest BCUT2D eigenvalue weighted by atomic mass is 19.3. The summed E-state index contributed by atoms with van der Waals surface area (Å²) in [6.45, 7) is 0.848. The van der Waals surface area contributed by atoms with Crippen molar-refractivity contribution in [2.45, 2.75) is 45.0 Å². The van der Waals surface area contributed by atoms with E-state index in [0.717, 1.165) is 39.0 Å². The van der Waals surface area contributed by atoms with E-state index in [1.165, 1.54) is 0 Å². The smallest absolute Gasteiger partial charge is 0.255 e. The maximum atomic E-state index is 12.9. The van der Waals surface area contributed by atoms with Crippen LogP contribution in [0.25, 0.3) is 0 Å². The monoisotopic (exact) mass is 190 g/mol. The molecule has 1 aliphatic carbocycles. The SMILES string of the molecule is CC(F)(F)C(C=O)C1CCCCC1. The number of carbonyl (C=O) groups is 1. The van der Waals surface area contributed by atoms with Crippen molar-refractivity contribution >= 4 is 6.29 Å². The zero-order chi connectivity index (χ0) is 9.90. The van der Waals surface area contributed by atoms with Crippen molar-refractivity contribution < 1.29 is 13.6 Å². The minimum absolute atomic E-state index is 0.0914. The van der Waals surface area contributed by atoms with Crippen LogP contribution in [0.2, 0.25) is 0 Å². The van der Waals surface area contributed by atoms with Crippen molar-refractivity contribution in [3.8, 4) is 0 Å². The van der Waals surface area contributed by atoms with Crippen molar-refractivity contribution in [3.63, 3.8) is 0 Å². The molecule has 0 saturated heterocycles. The summed E-state index contributed by atoms with van der Waals surface area (Å²) in [6, 6.07) is 0. The summed E-state index contributed by atoms with van der Waals surface area (Å²) in [4.78, 5) is 10.6. The molecule has 0 amide bonds. The van der Waals surface area contributed by atoms with Gasteiger partial charge in [0, 0.05) is 6.92 Å². The van der Waals surface area contributed by atoms with Crippen LogP contribution in [0.4, 0.5) is 8.78 Å². The number of carbonyl (C=O) groups excluding carboxylic acids is 1. The van der Waals surface area contributed by atoms with Gasteiger partial charge >= 0.3 is 0 Å². The van der Waals surface area contributed by atoms with Crippen molar-refractivity contribution in [2.75, 3.05) is 0 Å². The van der Waals surface area contributed by atoms with E-state index in [2.05, 4.69) is 0 Å². The molecule has 13 heavy (non-hydrogen) atoms. The maximum Gasteiger partial charge on any atom is 0.255 e. The summed E-state index contributed by atoms with van der Waals surface area (Å²) in [5, 5.41) is 0. The highest BCUT2D eigenvalue weighted by molar-refractivity contribution is 5.55. The Bertz CT molecular complexity index is 168. The molecule has 0 radical (unpaired) electrons. The summed E-state index contributed by atoms with van der Waals surface area (Å²) < 4.78 is 25.9. The van der Waals surface area contributed by atoms with Gasteiger partial charge in [-0.05, 0) is 18.8 Å². The lowest BCUT2D eigenvalue weighted by Gasteiger charge is -2.30. The van der Waals surface area contributed by atoms with Crippen LogP contribution >= 0.6 is 0 Å². The average Bonchev–Trinajstić information content (AvgIpc) is 2.05. The quantitative estimate of drug-likeness (QED) is 0.625. The lowest BCUT2D eigenvalue weighted by atomic mass is 9.78. The van der Waals surface area contributed by atoms with E-state index >= 15 is 0 Å². The molecule has 0 aromatic rings. The lowest BCUT2D eigenvalue weighted by Crippen LogP contribution is -2.33. The first-order chi connectivity index (χ1) is 6.05. The van der Waals surface area contributed by atoms with E-state index in [9.17, 15) is 13.6 Å². The van der Waals surface area contributed by atoms with Gasteiger partial charge in [-0.15, -0.1) is 0 Å². The summed E-state index contributed by atoms with van der Waals surface area (Å²) in [5.74, 6) is -4.00. The number of hydrogen-bond acceptors (Lipinski definition) is 1. The molecule has 1 aliphatic rings. The number of rotatable bonds is 3. The van der Waals surface area contributed by atoms with Crippen LogP contribution in [0.1, 0.15) is 39.0 Å². The zero-order valence-corrected chi connectivity index (χ0v) is 7.93. The Morgan fingerprint density at radius 2 is 1.85 bits per heavy atom. The first kappa shape index (κ1) is 10.6. The number of hydrogen-bond donors (Lipinski definition) is 0. The Balaban J connectivity index is 2.59. The second-order valence-electron chi connectivity index (χ2n) is 4.02. The van der Waals surface area contributed by atoms with E-state index in [-0.39, 0.29) is 5.92 Å². The van der Waals surface area contributed by atoms with Gasteiger partial charge in [-0.2, -0.15) is 0 Å². The van der Waals surface area contributed by atoms with Crippen LogP contribution in [0.5, 0.6) is 0 Å². The molecule has 0 spiro atoms. The van der Waals surface area contributed by atoms with Gasteiger partial charge in [0.1, 0.15) is 6.29 Å². The predicted octanol–water partition coefficient (Wildman–Crippen LogP) is 3.04. The van der Waals surface area contributed by atoms with Crippen LogP contribution in [-0.4, -0.2) is 12.2 Å². The molecule has 0 aromatic carbocycles. The fraction of sp³-hybridized carbons (Fsp3) is 0.900. The zero-order valence-electron chi connectivity index (χ0n) is 7.93. The minimum Gasteiger partial charge on any atom is -0.303 e. The molecule has 0 heterocycles. The Morgan fingerprint density at radius 3 is 2.23 bits per heavy atom. The first-order valence-corrected chi connectivity index (χ1v) is 4.89. The summed E-state index contributed by atoms with van der Waals surface area (Å²) >= 11 is 0. The molecule has 0 aliphatic heterocycles. The van der Waals surface area contributed by atoms with Crippen LogP contribution in [0, 0.1) is 11.8 Å². The van der Waals surface area contributed by atoms with Crippen LogP contribution in [-0.2, 0) is 4.79 Å². The molecule has 1 rings (SSSR count). The molecule has 0 N–H and O–H groups in total. The van der Waals surface area contributed by atoms with E-state index in [1.807, 2.05) is 0 Å². The van der Waals surface area contributed by atoms with Gasteiger partial charge in [-0.3, -0.25) is 0 Å². The molecule has 0 aromatic heterocycles. The van der Waals surface area contributed by atoms with E-state index < -0.39 is 11.8 Å². The normalized spacial score (nSPS) is 22.7. The third kappa shape index (κ3) is 2.75. The van der Waals surface area contributed by atoms with Crippen LogP contribution in [0.3, 0.4) is 0 Å². The Labute approximate surface area is 77.5 Å². The lowest BCUT2D eigenvalue weighted by molar-refractivity contribution is -0.129.